The Kier molecular flexibility index (Phi) is 15.7. The lowest BCUT2D eigenvalue weighted by atomic mass is 10.2. The number of nitrogens with zero attached hydrogens (tertiary/aromatic N) is 10. The number of H-pyrrole nitrogens is 2. The number of fused-ring (bicyclic) bond motifs is 2. The number of phosphoric ester groups is 3. The molecule has 0 aliphatic carbocycles. The quantitative estimate of drug-likeness (QED) is 0.0364. The minimum absolute atomic E-state index is 0.0291. The van der Waals surface area contributed by atoms with E-state index < -0.39 is 159 Å². The van der Waals surface area contributed by atoms with E-state index >= 15 is 0 Å². The Morgan fingerprint density at radius 1 is 0.646 bits per heavy atom. The average molecular weight is 1170 g/mol. The highest BCUT2D eigenvalue weighted by atomic mass is 31.2. The smallest absolute Gasteiger partial charge is 0.394 e. The van der Waals surface area contributed by atoms with Gasteiger partial charge in [0.15, 0.2) is 22.6 Å². The van der Waals surface area contributed by atoms with Crippen LogP contribution in [0.4, 0.5) is 17.6 Å². The van der Waals surface area contributed by atoms with Crippen molar-refractivity contribution in [2.45, 2.75) is 106 Å². The maximum absolute atomic E-state index is 14.0. The van der Waals surface area contributed by atoms with Gasteiger partial charge in [-0.15, -0.1) is 0 Å². The van der Waals surface area contributed by atoms with E-state index in [1.54, 1.807) is 0 Å². The van der Waals surface area contributed by atoms with Gasteiger partial charge in [-0.25, -0.2) is 43.2 Å². The molecule has 10 rings (SSSR count). The second-order valence-electron chi connectivity index (χ2n) is 18.3. The second-order valence-corrected chi connectivity index (χ2v) is 22.5. The van der Waals surface area contributed by atoms with Crippen LogP contribution in [0.1, 0.15) is 56.2 Å². The number of aromatic amines is 2. The van der Waals surface area contributed by atoms with Gasteiger partial charge in [-0.3, -0.25) is 65.0 Å². The number of nitrogen functional groups attached to an aromatic ring is 3. The van der Waals surface area contributed by atoms with E-state index in [2.05, 4.69) is 39.9 Å². The average Bonchev–Trinajstić information content (AvgIpc) is 4.28. The number of anilines is 3. The zero-order valence-electron chi connectivity index (χ0n) is 40.8. The van der Waals surface area contributed by atoms with E-state index in [1.165, 1.54) is 41.0 Å². The topological polar surface area (TPSA) is 520 Å². The van der Waals surface area contributed by atoms with E-state index in [9.17, 15) is 57.8 Å². The van der Waals surface area contributed by atoms with E-state index in [1.807, 2.05) is 0 Å². The van der Waals surface area contributed by atoms with Gasteiger partial charge < -0.3 is 61.0 Å². The Labute approximate surface area is 439 Å². The van der Waals surface area contributed by atoms with Crippen LogP contribution in [0.3, 0.4) is 0 Å². The third-order valence-electron chi connectivity index (χ3n) is 13.0. The molecule has 4 aliphatic heterocycles. The summed E-state index contributed by atoms with van der Waals surface area (Å²) >= 11 is 0. The number of rotatable bonds is 20. The molecule has 0 bridgehead atoms. The van der Waals surface area contributed by atoms with Crippen molar-refractivity contribution in [1.29, 1.82) is 0 Å². The summed E-state index contributed by atoms with van der Waals surface area (Å²) in [4.78, 5) is 112. The van der Waals surface area contributed by atoms with Crippen LogP contribution in [0.15, 0.2) is 56.6 Å². The summed E-state index contributed by atoms with van der Waals surface area (Å²) in [6, 6.07) is 1.31. The third kappa shape index (κ3) is 12.2. The first-order chi connectivity index (χ1) is 37.4. The molecule has 6 aromatic heterocycles. The fraction of sp³-hybridized carbons (Fsp3) is 0.538. The monoisotopic (exact) mass is 1170 g/mol. The van der Waals surface area contributed by atoms with E-state index in [4.69, 9.17) is 63.3 Å². The highest BCUT2D eigenvalue weighted by Gasteiger charge is 2.48. The predicted octanol–water partition coefficient (Wildman–Crippen LogP) is -2.17. The number of nitrogens with two attached hydrogens (primary N) is 3. The molecule has 0 spiro atoms. The Bertz CT molecular complexity index is 3650. The van der Waals surface area contributed by atoms with Crippen molar-refractivity contribution in [3.05, 3.63) is 84.7 Å². The maximum Gasteiger partial charge on any atom is 0.472 e. The number of aliphatic hydroxyl groups excluding tert-OH is 2. The van der Waals surface area contributed by atoms with Crippen molar-refractivity contribution in [1.82, 2.24) is 58.1 Å². The minimum atomic E-state index is -5.39. The molecule has 3 unspecified atom stereocenters. The summed E-state index contributed by atoms with van der Waals surface area (Å²) in [5, 5.41) is 20.9. The van der Waals surface area contributed by atoms with Crippen LogP contribution < -0.4 is 39.7 Å². The minimum Gasteiger partial charge on any atom is -0.394 e. The van der Waals surface area contributed by atoms with Gasteiger partial charge in [0, 0.05) is 43.6 Å². The molecule has 428 valence electrons. The molecule has 4 fully saturated rings. The van der Waals surface area contributed by atoms with Crippen molar-refractivity contribution in [2.24, 2.45) is 0 Å². The van der Waals surface area contributed by atoms with E-state index in [-0.39, 0.29) is 52.7 Å². The molecular weight excluding hydrogens is 1120 g/mol. The highest BCUT2D eigenvalue weighted by molar-refractivity contribution is 7.48. The summed E-state index contributed by atoms with van der Waals surface area (Å²) in [7, 11) is -15.8. The molecule has 4 aliphatic rings. The number of hydrogen-bond acceptors (Lipinski definition) is 28. The fourth-order valence-corrected chi connectivity index (χ4v) is 12.1. The van der Waals surface area contributed by atoms with Crippen LogP contribution in [-0.4, -0.2) is 158 Å². The molecule has 13 N–H and O–H groups in total. The van der Waals surface area contributed by atoms with Crippen molar-refractivity contribution in [3.63, 3.8) is 0 Å². The Balaban J connectivity index is 0.834. The summed E-state index contributed by atoms with van der Waals surface area (Å²) in [6.07, 6.45) is -11.0. The fourth-order valence-electron chi connectivity index (χ4n) is 9.23. The summed E-state index contributed by atoms with van der Waals surface area (Å²) < 4.78 is 102. The number of ether oxygens (including phenoxy) is 4. The van der Waals surface area contributed by atoms with Crippen LogP contribution in [0.2, 0.25) is 0 Å². The normalized spacial score (nSPS) is 29.5. The molecule has 6 aromatic rings. The number of aryl methyl sites for hydroxylation is 1. The zero-order chi connectivity index (χ0) is 56.3. The molecule has 10 heterocycles. The first kappa shape index (κ1) is 56.2. The highest BCUT2D eigenvalue weighted by Crippen LogP contribution is 2.54. The molecule has 15 atom stereocenters. The largest absolute Gasteiger partial charge is 0.472 e. The van der Waals surface area contributed by atoms with Gasteiger partial charge in [0.1, 0.15) is 85.3 Å². The van der Waals surface area contributed by atoms with Gasteiger partial charge in [-0.05, 0) is 13.0 Å². The molecule has 0 aromatic carbocycles. The SMILES string of the molecule is Cc1cn([C@H]2C[C@H](OP(=O)(O)OC[C@H]3O[C@@H](n4cnc5c(N)ncnc54)C[C@@H]3O)[C@@H](COP(=O)(O)O[C@H]3C[C@H](n4cnc5c(=O)[nH]c(N)nc54)O[C@@H]3COP(=O)(O)O[C@H]3C[C@H](n4ccc(N)nc4=O)O[C@@H]3CO)O2)c(=O)[nH]c1=O. The van der Waals surface area contributed by atoms with Crippen molar-refractivity contribution in [3.8, 4) is 0 Å². The number of hydrogen-bond donors (Lipinski definition) is 10. The third-order valence-corrected chi connectivity index (χ3v) is 16.1. The number of nitrogens with one attached hydrogen (secondary N) is 2. The van der Waals surface area contributed by atoms with Crippen LogP contribution in [-0.2, 0) is 59.8 Å². The van der Waals surface area contributed by atoms with Crippen LogP contribution >= 0.6 is 23.5 Å². The van der Waals surface area contributed by atoms with Gasteiger partial charge in [0.2, 0.25) is 5.95 Å². The molecular formula is C39H50N15O22P3. The van der Waals surface area contributed by atoms with E-state index in [0.717, 1.165) is 21.7 Å². The van der Waals surface area contributed by atoms with Crippen LogP contribution in [0.25, 0.3) is 22.3 Å². The Morgan fingerprint density at radius 3 is 1.77 bits per heavy atom. The predicted molar refractivity (Wildman–Crippen MR) is 260 cm³/mol. The summed E-state index contributed by atoms with van der Waals surface area (Å²) in [5.41, 5.74) is 14.4. The van der Waals surface area contributed by atoms with E-state index in [0.29, 0.717) is 5.65 Å². The molecule has 40 heteroatoms. The Hall–Kier alpha value is -6.05. The van der Waals surface area contributed by atoms with Gasteiger partial charge in [0.05, 0.1) is 45.2 Å². The van der Waals surface area contributed by atoms with Gasteiger partial charge in [-0.1, -0.05) is 0 Å². The van der Waals surface area contributed by atoms with Crippen molar-refractivity contribution in [2.75, 3.05) is 43.6 Å². The lowest BCUT2D eigenvalue weighted by Crippen LogP contribution is -2.33. The first-order valence-electron chi connectivity index (χ1n) is 23.6. The molecule has 4 saturated heterocycles. The van der Waals surface area contributed by atoms with Gasteiger partial charge in [0.25, 0.3) is 11.1 Å². The first-order valence-corrected chi connectivity index (χ1v) is 28.1. The molecule has 79 heavy (non-hydrogen) atoms. The molecule has 0 amide bonds. The zero-order valence-corrected chi connectivity index (χ0v) is 43.5. The van der Waals surface area contributed by atoms with Gasteiger partial charge in [-0.2, -0.15) is 9.97 Å². The molecule has 0 saturated carbocycles. The van der Waals surface area contributed by atoms with Gasteiger partial charge >= 0.3 is 34.8 Å². The maximum atomic E-state index is 14.0. The van der Waals surface area contributed by atoms with Crippen LogP contribution in [0, 0.1) is 6.92 Å². The Morgan fingerprint density at radius 2 is 1.16 bits per heavy atom. The lowest BCUT2D eigenvalue weighted by Gasteiger charge is -2.25. The van der Waals surface area contributed by atoms with Crippen LogP contribution in [0.5, 0.6) is 0 Å². The number of aromatic nitrogens is 12. The summed E-state index contributed by atoms with van der Waals surface area (Å²) in [6.45, 7) is -1.95. The second kappa shape index (κ2) is 22.1. The van der Waals surface area contributed by atoms with Crippen molar-refractivity contribution < 1.29 is 84.7 Å². The standard InChI is InChI=1S/C39H50N15O22P3/c1-16-8-52(39(60)50-35(16)57)28-6-19(75-77(61,62)67-10-22-17(56)4-26(71-22)53-14-45-30-32(41)43-13-44-33(30)53)23(72-28)11-69-79(65,66)76-20-7-29(54-15-46-31-34(54)48-37(42)49-36(31)58)73-24(20)12-68-78(63,64)74-18-5-27(70-21(18)9-55)51-3-2-25(40)47-38(51)59/h2-3,8,13-15,17-24,26-29,55-56H,4-7,9-12H2,1H3,(H,61,62)(H,63,64)(H,65,66)(H2,40,47,59)(H2,41,43,44)(H,50,57,60)(H3,42,48,49,58)/t17-,18-,19-,20-,21+,22+,23+,24+,26+,27+,28+,29+/m0/s1. The molecule has 37 nitrogen and oxygen atoms in total. The number of phosphoric acid groups is 3. The number of imidazole rings is 2. The molecule has 0 radical (unpaired) electrons. The van der Waals surface area contributed by atoms with Crippen molar-refractivity contribution >= 4 is 63.4 Å². The number of aliphatic hydroxyl groups is 2. The summed E-state index contributed by atoms with van der Waals surface area (Å²) in [5.74, 6) is -0.295. The lowest BCUT2D eigenvalue weighted by molar-refractivity contribution is -0.0630.